The average Bonchev–Trinajstić information content (AvgIpc) is 3.22. The van der Waals surface area contributed by atoms with Gasteiger partial charge in [-0.1, -0.05) is 28.1 Å². The van der Waals surface area contributed by atoms with Crippen molar-refractivity contribution in [1.82, 2.24) is 18.8 Å². The Labute approximate surface area is 170 Å². The highest BCUT2D eigenvalue weighted by Gasteiger charge is 2.17. The maximum absolute atomic E-state index is 12.3. The lowest BCUT2D eigenvalue weighted by Crippen LogP contribution is -2.07. The standard InChI is InChI=1S/C21H19BrN4O2/c1-13-20(17(28)11-22)26-12-15(7-9-19(26)23-13)6-8-16-21(14(2)27)25-10-4-3-5-18(25)24-16/h3-5,7,9-10,12H,6,8,11H2,1-2H3. The number of carbonyl (C=O) groups excluding carboxylic acids is 2. The van der Waals surface area contributed by atoms with Gasteiger partial charge >= 0.3 is 0 Å². The summed E-state index contributed by atoms with van der Waals surface area (Å²) in [5.74, 6) is 0.000886. The van der Waals surface area contributed by atoms with Crippen LogP contribution in [0.15, 0.2) is 42.7 Å². The van der Waals surface area contributed by atoms with Crippen LogP contribution in [0.2, 0.25) is 0 Å². The predicted octanol–water partition coefficient (Wildman–Crippen LogP) is 3.86. The fourth-order valence-corrected chi connectivity index (χ4v) is 3.87. The lowest BCUT2D eigenvalue weighted by atomic mass is 10.1. The Morgan fingerprint density at radius 3 is 2.54 bits per heavy atom. The van der Waals surface area contributed by atoms with Crippen molar-refractivity contribution in [3.63, 3.8) is 0 Å². The van der Waals surface area contributed by atoms with E-state index in [2.05, 4.69) is 25.9 Å². The number of carbonyl (C=O) groups is 2. The summed E-state index contributed by atoms with van der Waals surface area (Å²) in [7, 11) is 0. The molecule has 4 rings (SSSR count). The SMILES string of the molecule is CC(=O)c1c(CCc2ccc3nc(C)c(C(=O)CBr)n3c2)nc2ccccn12. The maximum atomic E-state index is 12.3. The number of ketones is 2. The van der Waals surface area contributed by atoms with Gasteiger partial charge in [-0.25, -0.2) is 9.97 Å². The molecular formula is C21H19BrN4O2. The summed E-state index contributed by atoms with van der Waals surface area (Å²) in [6, 6.07) is 9.63. The lowest BCUT2D eigenvalue weighted by molar-refractivity contribution is 0.100. The zero-order chi connectivity index (χ0) is 19.8. The van der Waals surface area contributed by atoms with Crippen molar-refractivity contribution < 1.29 is 9.59 Å². The summed E-state index contributed by atoms with van der Waals surface area (Å²) in [4.78, 5) is 33.5. The molecule has 0 radical (unpaired) electrons. The molecule has 4 aromatic heterocycles. The van der Waals surface area contributed by atoms with Gasteiger partial charge in [-0.05, 0) is 43.5 Å². The normalized spacial score (nSPS) is 11.4. The summed E-state index contributed by atoms with van der Waals surface area (Å²) in [5, 5.41) is 0.259. The van der Waals surface area contributed by atoms with E-state index in [1.807, 2.05) is 58.5 Å². The van der Waals surface area contributed by atoms with E-state index in [0.29, 0.717) is 24.2 Å². The smallest absolute Gasteiger partial charge is 0.191 e. The Hall–Kier alpha value is -2.80. The molecule has 0 spiro atoms. The van der Waals surface area contributed by atoms with Gasteiger partial charge in [0.15, 0.2) is 11.6 Å². The molecule has 0 aromatic carbocycles. The maximum Gasteiger partial charge on any atom is 0.191 e. The van der Waals surface area contributed by atoms with Crippen LogP contribution in [0.25, 0.3) is 11.3 Å². The fourth-order valence-electron chi connectivity index (χ4n) is 3.61. The molecule has 0 amide bonds. The average molecular weight is 439 g/mol. The largest absolute Gasteiger partial charge is 0.297 e. The third kappa shape index (κ3) is 3.16. The van der Waals surface area contributed by atoms with Crippen molar-refractivity contribution in [3.8, 4) is 0 Å². The molecule has 4 heterocycles. The number of halogens is 1. The van der Waals surface area contributed by atoms with Crippen LogP contribution in [0.4, 0.5) is 0 Å². The zero-order valence-corrected chi connectivity index (χ0v) is 17.2. The van der Waals surface area contributed by atoms with Gasteiger partial charge < -0.3 is 0 Å². The van der Waals surface area contributed by atoms with E-state index in [-0.39, 0.29) is 16.9 Å². The van der Waals surface area contributed by atoms with Crippen LogP contribution in [-0.2, 0) is 12.8 Å². The van der Waals surface area contributed by atoms with Crippen LogP contribution in [0.5, 0.6) is 0 Å². The molecule has 0 aliphatic rings. The topological polar surface area (TPSA) is 68.7 Å². The Morgan fingerprint density at radius 1 is 1.00 bits per heavy atom. The van der Waals surface area contributed by atoms with Crippen LogP contribution in [-0.4, -0.2) is 35.7 Å². The Bertz CT molecular complexity index is 1220. The molecule has 0 atom stereocenters. The fraction of sp³-hybridized carbons (Fsp3) is 0.238. The quantitative estimate of drug-likeness (QED) is 0.338. The van der Waals surface area contributed by atoms with Crippen molar-refractivity contribution >= 4 is 38.8 Å². The number of fused-ring (bicyclic) bond motifs is 2. The number of aryl methyl sites for hydroxylation is 3. The number of pyridine rings is 2. The summed E-state index contributed by atoms with van der Waals surface area (Å²) >= 11 is 3.24. The van der Waals surface area contributed by atoms with Gasteiger partial charge in [0.2, 0.25) is 0 Å². The van der Waals surface area contributed by atoms with E-state index < -0.39 is 0 Å². The van der Waals surface area contributed by atoms with Gasteiger partial charge in [-0.15, -0.1) is 0 Å². The van der Waals surface area contributed by atoms with Gasteiger partial charge in [0.1, 0.15) is 22.7 Å². The number of alkyl halides is 1. The van der Waals surface area contributed by atoms with Gasteiger partial charge in [0, 0.05) is 19.3 Å². The molecule has 0 bridgehead atoms. The minimum Gasteiger partial charge on any atom is -0.297 e. The lowest BCUT2D eigenvalue weighted by Gasteiger charge is -2.05. The monoisotopic (exact) mass is 438 g/mol. The molecule has 142 valence electrons. The van der Waals surface area contributed by atoms with Crippen LogP contribution in [0.3, 0.4) is 0 Å². The van der Waals surface area contributed by atoms with E-state index >= 15 is 0 Å². The molecule has 28 heavy (non-hydrogen) atoms. The number of hydrogen-bond donors (Lipinski definition) is 0. The van der Waals surface area contributed by atoms with Crippen LogP contribution >= 0.6 is 15.9 Å². The van der Waals surface area contributed by atoms with Crippen molar-refractivity contribution in [2.24, 2.45) is 0 Å². The van der Waals surface area contributed by atoms with Gasteiger partial charge in [-0.2, -0.15) is 0 Å². The first-order valence-electron chi connectivity index (χ1n) is 9.03. The van der Waals surface area contributed by atoms with Crippen molar-refractivity contribution in [2.75, 3.05) is 5.33 Å². The zero-order valence-electron chi connectivity index (χ0n) is 15.6. The summed E-state index contributed by atoms with van der Waals surface area (Å²) < 4.78 is 3.69. The molecule has 0 aliphatic heterocycles. The highest BCUT2D eigenvalue weighted by atomic mass is 79.9. The first-order chi connectivity index (χ1) is 13.5. The van der Waals surface area contributed by atoms with Crippen molar-refractivity contribution in [3.05, 3.63) is 71.1 Å². The highest BCUT2D eigenvalue weighted by molar-refractivity contribution is 9.09. The second kappa shape index (κ2) is 7.31. The molecule has 0 aliphatic carbocycles. The molecule has 4 aromatic rings. The molecule has 0 N–H and O–H groups in total. The molecule has 0 saturated heterocycles. The van der Waals surface area contributed by atoms with E-state index in [0.717, 1.165) is 28.2 Å². The number of aromatic nitrogens is 4. The molecule has 0 saturated carbocycles. The second-order valence-corrected chi connectivity index (χ2v) is 7.32. The Balaban J connectivity index is 1.68. The van der Waals surface area contributed by atoms with E-state index in [4.69, 9.17) is 0 Å². The van der Waals surface area contributed by atoms with Crippen molar-refractivity contribution in [2.45, 2.75) is 26.7 Å². The number of imidazole rings is 2. The highest BCUT2D eigenvalue weighted by Crippen LogP contribution is 2.18. The minimum absolute atomic E-state index is 0.000379. The third-order valence-corrected chi connectivity index (χ3v) is 5.33. The minimum atomic E-state index is -0.000379. The summed E-state index contributed by atoms with van der Waals surface area (Å²) in [6.07, 6.45) is 5.16. The van der Waals surface area contributed by atoms with Crippen molar-refractivity contribution in [1.29, 1.82) is 0 Å². The first-order valence-corrected chi connectivity index (χ1v) is 10.2. The molecule has 0 unspecified atom stereocenters. The summed E-state index contributed by atoms with van der Waals surface area (Å²) in [6.45, 7) is 3.41. The van der Waals surface area contributed by atoms with Crippen LogP contribution in [0, 0.1) is 6.92 Å². The van der Waals surface area contributed by atoms with Gasteiger partial charge in [-0.3, -0.25) is 18.4 Å². The van der Waals surface area contributed by atoms with Crippen LogP contribution in [0.1, 0.15) is 44.9 Å². The molecule has 7 heteroatoms. The Kier molecular flexibility index (Phi) is 4.85. The molecule has 0 fully saturated rings. The predicted molar refractivity (Wildman–Crippen MR) is 111 cm³/mol. The van der Waals surface area contributed by atoms with E-state index in [1.54, 1.807) is 6.92 Å². The van der Waals surface area contributed by atoms with E-state index in [9.17, 15) is 9.59 Å². The summed E-state index contributed by atoms with van der Waals surface area (Å²) in [5.41, 5.74) is 5.32. The van der Waals surface area contributed by atoms with Gasteiger partial charge in [0.05, 0.1) is 16.7 Å². The second-order valence-electron chi connectivity index (χ2n) is 6.76. The number of hydrogen-bond acceptors (Lipinski definition) is 4. The van der Waals surface area contributed by atoms with Gasteiger partial charge in [0.25, 0.3) is 0 Å². The molecular weight excluding hydrogens is 420 g/mol. The number of Topliss-reactive ketones (excluding diaryl/α,β-unsaturated/α-hetero) is 2. The first kappa shape index (κ1) is 18.6. The van der Waals surface area contributed by atoms with E-state index in [1.165, 1.54) is 0 Å². The number of rotatable bonds is 6. The Morgan fingerprint density at radius 2 is 1.79 bits per heavy atom. The van der Waals surface area contributed by atoms with Crippen LogP contribution < -0.4 is 0 Å². The molecule has 6 nitrogen and oxygen atoms in total. The third-order valence-electron chi connectivity index (χ3n) is 4.83. The number of nitrogens with zero attached hydrogens (tertiary/aromatic N) is 4.